The van der Waals surface area contributed by atoms with Crippen LogP contribution >= 0.6 is 0 Å². The zero-order valence-corrected chi connectivity index (χ0v) is 7.12. The normalized spacial score (nSPS) is 12.4. The lowest BCUT2D eigenvalue weighted by molar-refractivity contribution is -0.293. The van der Waals surface area contributed by atoms with Gasteiger partial charge in [-0.25, -0.2) is 4.79 Å². The highest BCUT2D eigenvalue weighted by molar-refractivity contribution is 5.86. The van der Waals surface area contributed by atoms with E-state index in [0.717, 1.165) is 6.92 Å². The molecule has 0 rings (SSSR count). The maximum absolute atomic E-state index is 12.1. The van der Waals surface area contributed by atoms with E-state index in [4.69, 9.17) is 0 Å². The minimum atomic E-state index is -5.72. The van der Waals surface area contributed by atoms with Gasteiger partial charge in [-0.3, -0.25) is 0 Å². The first-order valence-corrected chi connectivity index (χ1v) is 3.35. The van der Waals surface area contributed by atoms with Gasteiger partial charge in [0.25, 0.3) is 0 Å². The fourth-order valence-electron chi connectivity index (χ4n) is 0.361. The number of halogens is 5. The summed E-state index contributed by atoms with van der Waals surface area (Å²) in [6.07, 6.45) is -5.72. The first-order valence-electron chi connectivity index (χ1n) is 3.35. The van der Waals surface area contributed by atoms with E-state index >= 15 is 0 Å². The van der Waals surface area contributed by atoms with Crippen molar-refractivity contribution in [2.24, 2.45) is 0 Å². The second kappa shape index (κ2) is 3.93. The van der Waals surface area contributed by atoms with Crippen molar-refractivity contribution in [2.45, 2.75) is 19.0 Å². The number of alkyl halides is 5. The van der Waals surface area contributed by atoms with E-state index in [2.05, 4.69) is 11.3 Å². The van der Waals surface area contributed by atoms with Crippen molar-refractivity contribution >= 4 is 5.97 Å². The van der Waals surface area contributed by atoms with Crippen molar-refractivity contribution in [2.75, 3.05) is 6.61 Å². The van der Waals surface area contributed by atoms with Crippen LogP contribution in [-0.2, 0) is 9.53 Å². The molecule has 0 radical (unpaired) electrons. The molecule has 0 aliphatic carbocycles. The predicted octanol–water partition coefficient (Wildman–Crippen LogP) is 2.30. The molecular weight excluding hydrogens is 211 g/mol. The van der Waals surface area contributed by atoms with E-state index in [1.54, 1.807) is 0 Å². The maximum atomic E-state index is 12.1. The molecule has 82 valence electrons. The van der Waals surface area contributed by atoms with Gasteiger partial charge < -0.3 is 4.74 Å². The summed E-state index contributed by atoms with van der Waals surface area (Å²) in [5.41, 5.74) is -0.247. The number of hydrogen-bond acceptors (Lipinski definition) is 2. The minimum Gasteiger partial charge on any atom is -0.456 e. The van der Waals surface area contributed by atoms with E-state index in [1.165, 1.54) is 0 Å². The lowest BCUT2D eigenvalue weighted by atomic mass is 10.3. The summed E-state index contributed by atoms with van der Waals surface area (Å²) >= 11 is 0. The molecule has 0 saturated heterocycles. The van der Waals surface area contributed by atoms with Crippen LogP contribution in [0.25, 0.3) is 0 Å². The van der Waals surface area contributed by atoms with Gasteiger partial charge in [-0.05, 0) is 6.92 Å². The first kappa shape index (κ1) is 12.9. The summed E-state index contributed by atoms with van der Waals surface area (Å²) in [6, 6.07) is 0. The molecule has 0 bridgehead atoms. The van der Waals surface area contributed by atoms with Gasteiger partial charge in [-0.2, -0.15) is 22.0 Å². The highest BCUT2D eigenvalue weighted by Gasteiger charge is 2.58. The van der Waals surface area contributed by atoms with Crippen LogP contribution in [0.2, 0.25) is 0 Å². The van der Waals surface area contributed by atoms with E-state index in [9.17, 15) is 26.7 Å². The van der Waals surface area contributed by atoms with E-state index in [1.807, 2.05) is 0 Å². The third kappa shape index (κ3) is 3.31. The lowest BCUT2D eigenvalue weighted by Gasteiger charge is -2.18. The van der Waals surface area contributed by atoms with Crippen molar-refractivity contribution in [3.05, 3.63) is 12.2 Å². The molecule has 0 saturated carbocycles. The minimum absolute atomic E-state index is 0.247. The monoisotopic (exact) mass is 218 g/mol. The Morgan fingerprint density at radius 2 is 1.71 bits per heavy atom. The zero-order chi connectivity index (χ0) is 11.6. The fraction of sp³-hybridized carbons (Fsp3) is 0.571. The van der Waals surface area contributed by atoms with Crippen molar-refractivity contribution in [1.29, 1.82) is 0 Å². The number of ether oxygens (including phenoxy) is 1. The summed E-state index contributed by atoms with van der Waals surface area (Å²) in [5, 5.41) is 0. The van der Waals surface area contributed by atoms with Crippen molar-refractivity contribution in [3.8, 4) is 0 Å². The molecule has 0 aromatic carbocycles. The van der Waals surface area contributed by atoms with Crippen LogP contribution in [0.5, 0.6) is 0 Å². The number of hydrogen-bond donors (Lipinski definition) is 0. The molecule has 0 unspecified atom stereocenters. The van der Waals surface area contributed by atoms with Gasteiger partial charge in [0.2, 0.25) is 0 Å². The van der Waals surface area contributed by atoms with Crippen LogP contribution in [0, 0.1) is 0 Å². The Morgan fingerprint density at radius 1 is 1.29 bits per heavy atom. The topological polar surface area (TPSA) is 26.3 Å². The van der Waals surface area contributed by atoms with E-state index in [0.29, 0.717) is 0 Å². The molecule has 0 heterocycles. The smallest absolute Gasteiger partial charge is 0.456 e. The number of carbonyl (C=O) groups excluding carboxylic acids is 1. The van der Waals surface area contributed by atoms with Gasteiger partial charge >= 0.3 is 18.1 Å². The van der Waals surface area contributed by atoms with Crippen LogP contribution in [0.4, 0.5) is 22.0 Å². The van der Waals surface area contributed by atoms with Crippen molar-refractivity contribution < 1.29 is 31.5 Å². The zero-order valence-electron chi connectivity index (χ0n) is 7.12. The van der Waals surface area contributed by atoms with Crippen LogP contribution < -0.4 is 0 Å². The third-order valence-electron chi connectivity index (χ3n) is 1.15. The van der Waals surface area contributed by atoms with E-state index < -0.39 is 24.7 Å². The standard InChI is InChI=1S/C7H7F5O2/c1-4(2)5(13)14-3-6(8,9)7(10,11)12/h1,3H2,2H3. The number of esters is 1. The van der Waals surface area contributed by atoms with Crippen molar-refractivity contribution in [1.82, 2.24) is 0 Å². The first-order chi connectivity index (χ1) is 6.08. The molecule has 0 atom stereocenters. The summed E-state index contributed by atoms with van der Waals surface area (Å²) in [7, 11) is 0. The van der Waals surface area contributed by atoms with Crippen molar-refractivity contribution in [3.63, 3.8) is 0 Å². The van der Waals surface area contributed by atoms with Crippen LogP contribution in [-0.4, -0.2) is 24.7 Å². The quantitative estimate of drug-likeness (QED) is 0.412. The van der Waals surface area contributed by atoms with Crippen LogP contribution in [0.1, 0.15) is 6.92 Å². The second-order valence-electron chi connectivity index (χ2n) is 2.56. The SMILES string of the molecule is C=C(C)C(=O)OCC(F)(F)C(F)(F)F. The Bertz CT molecular complexity index is 243. The van der Waals surface area contributed by atoms with Gasteiger partial charge in [-0.15, -0.1) is 0 Å². The molecule has 0 amide bonds. The highest BCUT2D eigenvalue weighted by atomic mass is 19.4. The average Bonchev–Trinajstić information content (AvgIpc) is 1.97. The van der Waals surface area contributed by atoms with Gasteiger partial charge in [0.15, 0.2) is 6.61 Å². The molecule has 0 aliphatic heterocycles. The Kier molecular flexibility index (Phi) is 3.61. The van der Waals surface area contributed by atoms with Gasteiger partial charge in [0.05, 0.1) is 0 Å². The number of rotatable bonds is 3. The largest absolute Gasteiger partial charge is 0.456 e. The predicted molar refractivity (Wildman–Crippen MR) is 36.8 cm³/mol. The Hall–Kier alpha value is -1.14. The molecule has 0 fully saturated rings. The lowest BCUT2D eigenvalue weighted by Crippen LogP contribution is -2.41. The molecule has 0 aromatic rings. The van der Waals surface area contributed by atoms with Crippen LogP contribution in [0.3, 0.4) is 0 Å². The summed E-state index contributed by atoms with van der Waals surface area (Å²) in [6.45, 7) is 2.12. The average molecular weight is 218 g/mol. The molecule has 0 N–H and O–H groups in total. The Morgan fingerprint density at radius 3 is 2.00 bits per heavy atom. The summed E-state index contributed by atoms with van der Waals surface area (Å²) in [5.74, 6) is -6.31. The molecule has 0 aliphatic rings. The van der Waals surface area contributed by atoms with E-state index in [-0.39, 0.29) is 5.57 Å². The Balaban J connectivity index is 4.27. The maximum Gasteiger partial charge on any atom is 0.456 e. The molecule has 14 heavy (non-hydrogen) atoms. The fourth-order valence-corrected chi connectivity index (χ4v) is 0.361. The Labute approximate surface area is 76.3 Å². The second-order valence-corrected chi connectivity index (χ2v) is 2.56. The summed E-state index contributed by atoms with van der Waals surface area (Å²) < 4.78 is 62.5. The van der Waals surface area contributed by atoms with Gasteiger partial charge in [0.1, 0.15) is 0 Å². The number of carbonyl (C=O) groups is 1. The molecule has 0 aromatic heterocycles. The third-order valence-corrected chi connectivity index (χ3v) is 1.15. The molecule has 0 spiro atoms. The molecule has 2 nitrogen and oxygen atoms in total. The molecule has 7 heteroatoms. The van der Waals surface area contributed by atoms with Crippen LogP contribution in [0.15, 0.2) is 12.2 Å². The molecular formula is C7H7F5O2. The highest BCUT2D eigenvalue weighted by Crippen LogP contribution is 2.35. The van der Waals surface area contributed by atoms with Gasteiger partial charge in [-0.1, -0.05) is 6.58 Å². The van der Waals surface area contributed by atoms with Gasteiger partial charge in [0, 0.05) is 5.57 Å². The summed E-state index contributed by atoms with van der Waals surface area (Å²) in [4.78, 5) is 10.5.